The molecule has 0 heterocycles. The zero-order valence-electron chi connectivity index (χ0n) is 13.2. The molecule has 0 saturated heterocycles. The molecule has 0 unspecified atom stereocenters. The van der Waals surface area contributed by atoms with Crippen LogP contribution in [0.2, 0.25) is 0 Å². The number of nitriles is 1. The van der Waals surface area contributed by atoms with Gasteiger partial charge in [0.15, 0.2) is 0 Å². The van der Waals surface area contributed by atoms with Crippen LogP contribution in [-0.2, 0) is 9.59 Å². The Morgan fingerprint density at radius 2 is 2.09 bits per heavy atom. The van der Waals surface area contributed by atoms with E-state index in [0.29, 0.717) is 24.3 Å². The largest absolute Gasteiger partial charge is 0.355 e. The Labute approximate surface area is 131 Å². The van der Waals surface area contributed by atoms with Crippen molar-refractivity contribution < 1.29 is 9.59 Å². The monoisotopic (exact) mass is 302 g/mol. The lowest BCUT2D eigenvalue weighted by Crippen LogP contribution is -2.46. The number of hydrogen-bond acceptors (Lipinski definition) is 4. The third kappa shape index (κ3) is 5.19. The van der Waals surface area contributed by atoms with Crippen LogP contribution < -0.4 is 10.6 Å². The first kappa shape index (κ1) is 17.7. The first-order valence-electron chi connectivity index (χ1n) is 7.33. The summed E-state index contributed by atoms with van der Waals surface area (Å²) in [6, 6.07) is 8.31. The Balaban J connectivity index is 2.69. The first-order chi connectivity index (χ1) is 10.5. The Bertz CT molecular complexity index is 566. The first-order valence-corrected chi connectivity index (χ1v) is 7.33. The summed E-state index contributed by atoms with van der Waals surface area (Å²) in [7, 11) is 0. The Kier molecular flexibility index (Phi) is 7.06. The summed E-state index contributed by atoms with van der Waals surface area (Å²) in [4.78, 5) is 25.7. The molecule has 0 aliphatic carbocycles. The molecular weight excluding hydrogens is 280 g/mol. The van der Waals surface area contributed by atoms with Crippen molar-refractivity contribution in [3.63, 3.8) is 0 Å². The average molecular weight is 302 g/mol. The van der Waals surface area contributed by atoms with E-state index in [-0.39, 0.29) is 18.4 Å². The molecular formula is C16H22N4O2. The smallest absolute Gasteiger partial charge is 0.241 e. The third-order valence-corrected chi connectivity index (χ3v) is 3.31. The van der Waals surface area contributed by atoms with Crippen LogP contribution in [0.25, 0.3) is 0 Å². The lowest BCUT2D eigenvalue weighted by atomic mass is 10.2. The molecule has 1 aromatic rings. The molecule has 0 spiro atoms. The van der Waals surface area contributed by atoms with Gasteiger partial charge in [-0.25, -0.2) is 0 Å². The van der Waals surface area contributed by atoms with Crippen LogP contribution in [0.3, 0.4) is 0 Å². The second-order valence-electron chi connectivity index (χ2n) is 4.87. The van der Waals surface area contributed by atoms with Crippen LogP contribution in [0.1, 0.15) is 26.3 Å². The Morgan fingerprint density at radius 1 is 1.36 bits per heavy atom. The van der Waals surface area contributed by atoms with Crippen LogP contribution in [0.4, 0.5) is 5.69 Å². The molecule has 0 fully saturated rings. The van der Waals surface area contributed by atoms with Gasteiger partial charge in [-0.3, -0.25) is 14.5 Å². The van der Waals surface area contributed by atoms with Gasteiger partial charge in [0.1, 0.15) is 0 Å². The van der Waals surface area contributed by atoms with E-state index in [1.165, 1.54) is 0 Å². The molecule has 0 aromatic heterocycles. The number of carbonyl (C=O) groups is 2. The van der Waals surface area contributed by atoms with E-state index in [1.54, 1.807) is 36.1 Å². The molecule has 1 rings (SSSR count). The van der Waals surface area contributed by atoms with Crippen molar-refractivity contribution in [2.75, 3.05) is 25.0 Å². The summed E-state index contributed by atoms with van der Waals surface area (Å²) < 4.78 is 0. The lowest BCUT2D eigenvalue weighted by Gasteiger charge is -2.26. The van der Waals surface area contributed by atoms with E-state index in [2.05, 4.69) is 10.6 Å². The van der Waals surface area contributed by atoms with E-state index in [9.17, 15) is 9.59 Å². The van der Waals surface area contributed by atoms with E-state index in [4.69, 9.17) is 5.26 Å². The minimum absolute atomic E-state index is 0.101. The predicted molar refractivity (Wildman–Crippen MR) is 85.2 cm³/mol. The quantitative estimate of drug-likeness (QED) is 0.796. The molecule has 0 saturated carbocycles. The van der Waals surface area contributed by atoms with Crippen molar-refractivity contribution >= 4 is 17.5 Å². The standard InChI is InChI=1S/C16H22N4O2/c1-4-18-15(21)11-20(5-2)12(3)16(22)19-14-8-6-7-13(9-14)10-17/h6-9,12H,4-5,11H2,1-3H3,(H,18,21)(H,19,22)/t12-/m0/s1. The van der Waals surface area contributed by atoms with Crippen molar-refractivity contribution in [2.24, 2.45) is 0 Å². The third-order valence-electron chi connectivity index (χ3n) is 3.31. The number of amides is 2. The second-order valence-corrected chi connectivity index (χ2v) is 4.87. The van der Waals surface area contributed by atoms with Crippen molar-refractivity contribution in [3.8, 4) is 6.07 Å². The number of carbonyl (C=O) groups excluding carboxylic acids is 2. The summed E-state index contributed by atoms with van der Waals surface area (Å²) >= 11 is 0. The summed E-state index contributed by atoms with van der Waals surface area (Å²) in [6.07, 6.45) is 0. The van der Waals surface area contributed by atoms with Gasteiger partial charge in [-0.15, -0.1) is 0 Å². The highest BCUT2D eigenvalue weighted by molar-refractivity contribution is 5.95. The molecule has 0 aliphatic heterocycles. The SMILES string of the molecule is CCNC(=O)CN(CC)[C@@H](C)C(=O)Nc1cccc(C#N)c1. The number of likely N-dealkylation sites (N-methyl/N-ethyl adjacent to an activating group) is 2. The van der Waals surface area contributed by atoms with Gasteiger partial charge in [0, 0.05) is 12.2 Å². The van der Waals surface area contributed by atoms with Crippen LogP contribution in [-0.4, -0.2) is 42.4 Å². The summed E-state index contributed by atoms with van der Waals surface area (Å²) in [5.74, 6) is -0.309. The van der Waals surface area contributed by atoms with E-state index < -0.39 is 6.04 Å². The number of nitrogens with zero attached hydrogens (tertiary/aromatic N) is 2. The number of anilines is 1. The number of nitrogens with one attached hydrogen (secondary N) is 2. The molecule has 6 nitrogen and oxygen atoms in total. The van der Waals surface area contributed by atoms with Gasteiger partial charge in [0.05, 0.1) is 24.2 Å². The maximum Gasteiger partial charge on any atom is 0.241 e. The molecule has 0 bridgehead atoms. The fraction of sp³-hybridized carbons (Fsp3) is 0.438. The zero-order chi connectivity index (χ0) is 16.5. The second kappa shape index (κ2) is 8.80. The number of hydrogen-bond donors (Lipinski definition) is 2. The highest BCUT2D eigenvalue weighted by Gasteiger charge is 2.22. The molecule has 2 N–H and O–H groups in total. The van der Waals surface area contributed by atoms with Gasteiger partial charge in [-0.1, -0.05) is 13.0 Å². The minimum Gasteiger partial charge on any atom is -0.355 e. The van der Waals surface area contributed by atoms with Crippen molar-refractivity contribution in [2.45, 2.75) is 26.8 Å². The van der Waals surface area contributed by atoms with Gasteiger partial charge in [0.2, 0.25) is 11.8 Å². The van der Waals surface area contributed by atoms with Crippen LogP contribution in [0, 0.1) is 11.3 Å². The highest BCUT2D eigenvalue weighted by atomic mass is 16.2. The maximum atomic E-state index is 12.3. The van der Waals surface area contributed by atoms with Crippen molar-refractivity contribution in [1.29, 1.82) is 5.26 Å². The fourth-order valence-electron chi connectivity index (χ4n) is 2.04. The molecule has 2 amide bonds. The normalized spacial score (nSPS) is 11.6. The summed E-state index contributed by atoms with van der Waals surface area (Å²) in [5.41, 5.74) is 1.06. The molecule has 118 valence electrons. The van der Waals surface area contributed by atoms with Gasteiger partial charge < -0.3 is 10.6 Å². The zero-order valence-corrected chi connectivity index (χ0v) is 13.2. The summed E-state index contributed by atoms with van der Waals surface area (Å²) in [5, 5.41) is 14.4. The predicted octanol–water partition coefficient (Wildman–Crippen LogP) is 1.34. The number of benzene rings is 1. The van der Waals surface area contributed by atoms with Gasteiger partial charge in [-0.05, 0) is 38.6 Å². The molecule has 1 aromatic carbocycles. The Hall–Kier alpha value is -2.39. The van der Waals surface area contributed by atoms with Gasteiger partial charge >= 0.3 is 0 Å². The molecule has 6 heteroatoms. The van der Waals surface area contributed by atoms with Crippen LogP contribution in [0.15, 0.2) is 24.3 Å². The molecule has 0 aliphatic rings. The van der Waals surface area contributed by atoms with Crippen molar-refractivity contribution in [1.82, 2.24) is 10.2 Å². The maximum absolute atomic E-state index is 12.3. The van der Waals surface area contributed by atoms with Gasteiger partial charge in [0.25, 0.3) is 0 Å². The van der Waals surface area contributed by atoms with E-state index in [0.717, 1.165) is 0 Å². The highest BCUT2D eigenvalue weighted by Crippen LogP contribution is 2.11. The lowest BCUT2D eigenvalue weighted by molar-refractivity contribution is -0.125. The number of rotatable bonds is 7. The Morgan fingerprint density at radius 3 is 2.68 bits per heavy atom. The fourth-order valence-corrected chi connectivity index (χ4v) is 2.04. The van der Waals surface area contributed by atoms with Crippen LogP contribution >= 0.6 is 0 Å². The van der Waals surface area contributed by atoms with E-state index >= 15 is 0 Å². The van der Waals surface area contributed by atoms with Crippen LogP contribution in [0.5, 0.6) is 0 Å². The molecule has 0 radical (unpaired) electrons. The molecule has 22 heavy (non-hydrogen) atoms. The minimum atomic E-state index is -0.446. The van der Waals surface area contributed by atoms with Gasteiger partial charge in [-0.2, -0.15) is 5.26 Å². The van der Waals surface area contributed by atoms with Crippen molar-refractivity contribution in [3.05, 3.63) is 29.8 Å². The average Bonchev–Trinajstić information content (AvgIpc) is 2.52. The molecule has 1 atom stereocenters. The summed E-state index contributed by atoms with van der Waals surface area (Å²) in [6.45, 7) is 6.84. The van der Waals surface area contributed by atoms with E-state index in [1.807, 2.05) is 19.9 Å². The topological polar surface area (TPSA) is 85.2 Å².